The van der Waals surface area contributed by atoms with Gasteiger partial charge in [-0.2, -0.15) is 0 Å². The van der Waals surface area contributed by atoms with Gasteiger partial charge in [0.15, 0.2) is 0 Å². The molecule has 0 fully saturated rings. The topological polar surface area (TPSA) is 21.3 Å². The Balaban J connectivity index is 1.87. The number of nitrogens with one attached hydrogen (secondary N) is 1. The Kier molecular flexibility index (Phi) is 5.03. The number of hydrogen-bond donors (Lipinski definition) is 1. The largest absolute Gasteiger partial charge is 0.489 e. The smallest absolute Gasteiger partial charge is 0.119 e. The van der Waals surface area contributed by atoms with Crippen LogP contribution in [0.2, 0.25) is 0 Å². The number of hydrogen-bond acceptors (Lipinski definition) is 2. The summed E-state index contributed by atoms with van der Waals surface area (Å²) in [5.74, 6) is 0.913. The van der Waals surface area contributed by atoms with Gasteiger partial charge >= 0.3 is 0 Å². The molecule has 1 N–H and O–H groups in total. The maximum Gasteiger partial charge on any atom is 0.119 e. The van der Waals surface area contributed by atoms with Crippen molar-refractivity contribution in [3.05, 3.63) is 65.2 Å². The Hall–Kier alpha value is -1.80. The standard InChI is InChI=1S/C19H25NO/c1-15-6-5-7-17(12-15)14-21-18-10-8-16(9-11-18)13-20-19(2,3)4/h5-12,20H,13-14H2,1-4H3. The molecule has 2 aromatic rings. The summed E-state index contributed by atoms with van der Waals surface area (Å²) < 4.78 is 5.83. The molecule has 0 unspecified atom stereocenters. The molecular formula is C19H25NO. The molecule has 0 atom stereocenters. The van der Waals surface area contributed by atoms with Crippen LogP contribution in [0.5, 0.6) is 5.75 Å². The van der Waals surface area contributed by atoms with Crippen LogP contribution < -0.4 is 10.1 Å². The van der Waals surface area contributed by atoms with E-state index in [0.717, 1.165) is 12.3 Å². The summed E-state index contributed by atoms with van der Waals surface area (Å²) in [6.07, 6.45) is 0. The molecule has 2 heteroatoms. The van der Waals surface area contributed by atoms with E-state index < -0.39 is 0 Å². The van der Waals surface area contributed by atoms with Crippen LogP contribution in [-0.2, 0) is 13.2 Å². The van der Waals surface area contributed by atoms with Crippen molar-refractivity contribution in [1.82, 2.24) is 5.32 Å². The van der Waals surface area contributed by atoms with E-state index in [1.807, 2.05) is 12.1 Å². The average molecular weight is 283 g/mol. The third-order valence-electron chi connectivity index (χ3n) is 3.23. The van der Waals surface area contributed by atoms with Gasteiger partial charge in [-0.15, -0.1) is 0 Å². The number of rotatable bonds is 5. The summed E-state index contributed by atoms with van der Waals surface area (Å²) in [4.78, 5) is 0. The number of ether oxygens (including phenoxy) is 1. The minimum atomic E-state index is 0.139. The molecule has 0 amide bonds. The summed E-state index contributed by atoms with van der Waals surface area (Å²) >= 11 is 0. The van der Waals surface area contributed by atoms with Crippen LogP contribution in [-0.4, -0.2) is 5.54 Å². The van der Waals surface area contributed by atoms with Crippen molar-refractivity contribution in [1.29, 1.82) is 0 Å². The average Bonchev–Trinajstić information content (AvgIpc) is 2.43. The van der Waals surface area contributed by atoms with Crippen molar-refractivity contribution in [3.8, 4) is 5.75 Å². The number of benzene rings is 2. The van der Waals surface area contributed by atoms with Gasteiger partial charge in [0.25, 0.3) is 0 Å². The van der Waals surface area contributed by atoms with E-state index in [1.54, 1.807) is 0 Å². The predicted molar refractivity (Wildman–Crippen MR) is 88.5 cm³/mol. The molecule has 0 aliphatic rings. The lowest BCUT2D eigenvalue weighted by molar-refractivity contribution is 0.306. The van der Waals surface area contributed by atoms with Gasteiger partial charge in [-0.25, -0.2) is 0 Å². The molecule has 0 bridgehead atoms. The maximum absolute atomic E-state index is 5.83. The predicted octanol–water partition coefficient (Wildman–Crippen LogP) is 4.46. The molecule has 2 aromatic carbocycles. The molecular weight excluding hydrogens is 258 g/mol. The normalized spacial score (nSPS) is 11.4. The van der Waals surface area contributed by atoms with Crippen LogP contribution in [0.25, 0.3) is 0 Å². The van der Waals surface area contributed by atoms with Crippen LogP contribution in [0.15, 0.2) is 48.5 Å². The van der Waals surface area contributed by atoms with Crippen LogP contribution in [0.4, 0.5) is 0 Å². The van der Waals surface area contributed by atoms with Crippen molar-refractivity contribution in [2.45, 2.75) is 46.4 Å². The molecule has 0 radical (unpaired) electrons. The molecule has 0 aromatic heterocycles. The molecule has 21 heavy (non-hydrogen) atoms. The highest BCUT2D eigenvalue weighted by molar-refractivity contribution is 5.28. The monoisotopic (exact) mass is 283 g/mol. The van der Waals surface area contributed by atoms with Gasteiger partial charge in [0.2, 0.25) is 0 Å². The third kappa shape index (κ3) is 5.60. The van der Waals surface area contributed by atoms with Crippen molar-refractivity contribution < 1.29 is 4.74 Å². The van der Waals surface area contributed by atoms with E-state index in [9.17, 15) is 0 Å². The second-order valence-electron chi connectivity index (χ2n) is 6.53. The molecule has 0 aliphatic carbocycles. The van der Waals surface area contributed by atoms with E-state index in [1.165, 1.54) is 16.7 Å². The van der Waals surface area contributed by atoms with Crippen molar-refractivity contribution in [2.75, 3.05) is 0 Å². The molecule has 0 saturated carbocycles. The molecule has 0 spiro atoms. The fraction of sp³-hybridized carbons (Fsp3) is 0.368. The van der Waals surface area contributed by atoms with Crippen LogP contribution >= 0.6 is 0 Å². The van der Waals surface area contributed by atoms with Crippen molar-refractivity contribution in [2.24, 2.45) is 0 Å². The highest BCUT2D eigenvalue weighted by Crippen LogP contribution is 2.15. The third-order valence-corrected chi connectivity index (χ3v) is 3.23. The van der Waals surface area contributed by atoms with Crippen molar-refractivity contribution in [3.63, 3.8) is 0 Å². The SMILES string of the molecule is Cc1cccc(COc2ccc(CNC(C)(C)C)cc2)c1. The minimum Gasteiger partial charge on any atom is -0.489 e. The zero-order valence-corrected chi connectivity index (χ0v) is 13.4. The van der Waals surface area contributed by atoms with E-state index in [0.29, 0.717) is 6.61 Å². The zero-order valence-electron chi connectivity index (χ0n) is 13.4. The second-order valence-corrected chi connectivity index (χ2v) is 6.53. The summed E-state index contributed by atoms with van der Waals surface area (Å²) in [6.45, 7) is 10.1. The van der Waals surface area contributed by atoms with Gasteiger partial charge in [0, 0.05) is 12.1 Å². The van der Waals surface area contributed by atoms with E-state index >= 15 is 0 Å². The van der Waals surface area contributed by atoms with Gasteiger partial charge in [0.05, 0.1) is 0 Å². The lowest BCUT2D eigenvalue weighted by Gasteiger charge is -2.20. The summed E-state index contributed by atoms with van der Waals surface area (Å²) in [7, 11) is 0. The fourth-order valence-corrected chi connectivity index (χ4v) is 2.04. The fourth-order valence-electron chi connectivity index (χ4n) is 2.04. The summed E-state index contributed by atoms with van der Waals surface area (Å²) in [5.41, 5.74) is 3.88. The first-order valence-electron chi connectivity index (χ1n) is 7.45. The first kappa shape index (κ1) is 15.6. The molecule has 0 saturated heterocycles. The Labute approximate surface area is 128 Å². The van der Waals surface area contributed by atoms with Gasteiger partial charge < -0.3 is 10.1 Å². The summed E-state index contributed by atoms with van der Waals surface area (Å²) in [5, 5.41) is 3.48. The Morgan fingerprint density at radius 2 is 1.67 bits per heavy atom. The zero-order chi connectivity index (χ0) is 15.3. The van der Waals surface area contributed by atoms with Crippen molar-refractivity contribution >= 4 is 0 Å². The minimum absolute atomic E-state index is 0.139. The Morgan fingerprint density at radius 3 is 2.29 bits per heavy atom. The summed E-state index contributed by atoms with van der Waals surface area (Å²) in [6, 6.07) is 16.7. The van der Waals surface area contributed by atoms with E-state index in [-0.39, 0.29) is 5.54 Å². The Morgan fingerprint density at radius 1 is 0.952 bits per heavy atom. The van der Waals surface area contributed by atoms with E-state index in [4.69, 9.17) is 4.74 Å². The highest BCUT2D eigenvalue weighted by atomic mass is 16.5. The van der Waals surface area contributed by atoms with E-state index in [2.05, 4.69) is 69.4 Å². The van der Waals surface area contributed by atoms with Crippen LogP contribution in [0.3, 0.4) is 0 Å². The van der Waals surface area contributed by atoms with Gasteiger partial charge in [-0.1, -0.05) is 42.0 Å². The highest BCUT2D eigenvalue weighted by Gasteiger charge is 2.08. The molecule has 2 nitrogen and oxygen atoms in total. The lowest BCUT2D eigenvalue weighted by atomic mass is 10.1. The molecule has 0 heterocycles. The quantitative estimate of drug-likeness (QED) is 0.874. The molecule has 0 aliphatic heterocycles. The number of aryl methyl sites for hydroxylation is 1. The lowest BCUT2D eigenvalue weighted by Crippen LogP contribution is -2.34. The van der Waals surface area contributed by atoms with Gasteiger partial charge in [-0.05, 0) is 51.0 Å². The van der Waals surface area contributed by atoms with Crippen LogP contribution in [0, 0.1) is 6.92 Å². The van der Waals surface area contributed by atoms with Gasteiger partial charge in [-0.3, -0.25) is 0 Å². The first-order valence-corrected chi connectivity index (χ1v) is 7.45. The molecule has 2 rings (SSSR count). The molecule has 112 valence electrons. The Bertz CT molecular complexity index is 567. The first-order chi connectivity index (χ1) is 9.92. The van der Waals surface area contributed by atoms with Crippen LogP contribution in [0.1, 0.15) is 37.5 Å². The second kappa shape index (κ2) is 6.77. The maximum atomic E-state index is 5.83. The van der Waals surface area contributed by atoms with Gasteiger partial charge in [0.1, 0.15) is 12.4 Å².